The van der Waals surface area contributed by atoms with E-state index in [1.807, 2.05) is 4.68 Å². The van der Waals surface area contributed by atoms with E-state index in [1.165, 1.54) is 32.1 Å². The summed E-state index contributed by atoms with van der Waals surface area (Å²) in [7, 11) is 2.14. The van der Waals surface area contributed by atoms with Gasteiger partial charge in [0.2, 0.25) is 4.77 Å². The van der Waals surface area contributed by atoms with Crippen LogP contribution in [0, 0.1) is 4.77 Å². The van der Waals surface area contributed by atoms with Crippen LogP contribution in [0.1, 0.15) is 32.1 Å². The highest BCUT2D eigenvalue weighted by atomic mass is 35.5. The summed E-state index contributed by atoms with van der Waals surface area (Å²) in [6.07, 6.45) is 8.25. The van der Waals surface area contributed by atoms with Crippen molar-refractivity contribution >= 4 is 41.1 Å². The maximum absolute atomic E-state index is 6.19. The van der Waals surface area contributed by atoms with Gasteiger partial charge in [-0.2, -0.15) is 0 Å². The van der Waals surface area contributed by atoms with E-state index in [9.17, 15) is 0 Å². The number of rotatable bonds is 3. The minimum Gasteiger partial charge on any atom is -0.284 e. The first-order valence-electron chi connectivity index (χ1n) is 7.21. The maximum Gasteiger partial charge on any atom is 0.203 e. The fraction of sp³-hybridized carbons (Fsp3) is 0.571. The van der Waals surface area contributed by atoms with Crippen molar-refractivity contribution in [1.82, 2.24) is 19.1 Å². The van der Waals surface area contributed by atoms with E-state index >= 15 is 0 Å². The molecule has 0 unspecified atom stereocenters. The SMILES string of the molecule is CN(Cn1nc2c(Cl)cc(Cl)cn2c1=S)C1CCCCC1. The van der Waals surface area contributed by atoms with Crippen LogP contribution in [0.25, 0.3) is 5.65 Å². The van der Waals surface area contributed by atoms with Crippen LogP contribution in [0.3, 0.4) is 0 Å². The summed E-state index contributed by atoms with van der Waals surface area (Å²) in [6.45, 7) is 0.680. The summed E-state index contributed by atoms with van der Waals surface area (Å²) in [4.78, 5) is 2.33. The van der Waals surface area contributed by atoms with E-state index in [-0.39, 0.29) is 0 Å². The lowest BCUT2D eigenvalue weighted by atomic mass is 9.95. The minimum absolute atomic E-state index is 0.521. The van der Waals surface area contributed by atoms with Crippen LogP contribution in [-0.4, -0.2) is 32.2 Å². The standard InChI is InChI=1S/C14H18Cl2N4S/c1-18(11-5-3-2-4-6-11)9-20-14(21)19-8-10(15)7-12(16)13(19)17-20/h7-8,11H,2-6,9H2,1H3. The van der Waals surface area contributed by atoms with E-state index in [0.717, 1.165) is 0 Å². The molecule has 0 amide bonds. The molecule has 21 heavy (non-hydrogen) atoms. The molecule has 2 aromatic rings. The van der Waals surface area contributed by atoms with Gasteiger partial charge in [0.05, 0.1) is 16.7 Å². The van der Waals surface area contributed by atoms with Crippen LogP contribution in [0.5, 0.6) is 0 Å². The molecular weight excluding hydrogens is 327 g/mol. The highest BCUT2D eigenvalue weighted by Crippen LogP contribution is 2.23. The molecule has 0 saturated heterocycles. The molecule has 0 aromatic carbocycles. The van der Waals surface area contributed by atoms with Crippen molar-refractivity contribution in [2.75, 3.05) is 7.05 Å². The van der Waals surface area contributed by atoms with Gasteiger partial charge in [-0.25, -0.2) is 4.68 Å². The van der Waals surface area contributed by atoms with Crippen molar-refractivity contribution < 1.29 is 0 Å². The molecule has 0 aliphatic heterocycles. The predicted molar refractivity (Wildman–Crippen MR) is 88.7 cm³/mol. The van der Waals surface area contributed by atoms with Crippen LogP contribution >= 0.6 is 35.4 Å². The molecule has 1 aliphatic rings. The summed E-state index contributed by atoms with van der Waals surface area (Å²) in [5.74, 6) is 0. The Morgan fingerprint density at radius 1 is 1.33 bits per heavy atom. The highest BCUT2D eigenvalue weighted by molar-refractivity contribution is 7.71. The normalized spacial score (nSPS) is 17.0. The Hall–Kier alpha value is -0.620. The van der Waals surface area contributed by atoms with Crippen LogP contribution in [0.4, 0.5) is 0 Å². The molecular formula is C14H18Cl2N4S. The fourth-order valence-corrected chi connectivity index (χ4v) is 3.73. The van der Waals surface area contributed by atoms with Gasteiger partial charge in [-0.1, -0.05) is 42.5 Å². The van der Waals surface area contributed by atoms with E-state index in [4.69, 9.17) is 35.4 Å². The quantitative estimate of drug-likeness (QED) is 0.772. The average molecular weight is 345 g/mol. The lowest BCUT2D eigenvalue weighted by Gasteiger charge is -2.30. The van der Waals surface area contributed by atoms with Gasteiger partial charge in [0.1, 0.15) is 0 Å². The topological polar surface area (TPSA) is 25.5 Å². The highest BCUT2D eigenvalue weighted by Gasteiger charge is 2.19. The zero-order valence-corrected chi connectivity index (χ0v) is 14.3. The second-order valence-corrected chi connectivity index (χ2v) is 6.88. The molecule has 1 saturated carbocycles. The molecule has 1 fully saturated rings. The third-order valence-electron chi connectivity index (χ3n) is 4.16. The third kappa shape index (κ3) is 3.11. The van der Waals surface area contributed by atoms with E-state index in [0.29, 0.717) is 33.2 Å². The molecule has 114 valence electrons. The summed E-state index contributed by atoms with van der Waals surface area (Å²) >= 11 is 17.7. The minimum atomic E-state index is 0.521. The first kappa shape index (κ1) is 15.3. The maximum atomic E-state index is 6.19. The third-order valence-corrected chi connectivity index (χ3v) is 5.05. The zero-order chi connectivity index (χ0) is 15.0. The lowest BCUT2D eigenvalue weighted by Crippen LogP contribution is -2.35. The Morgan fingerprint density at radius 2 is 2.05 bits per heavy atom. The largest absolute Gasteiger partial charge is 0.284 e. The van der Waals surface area contributed by atoms with Crippen molar-refractivity contribution in [3.05, 3.63) is 27.1 Å². The van der Waals surface area contributed by atoms with Crippen LogP contribution in [0.15, 0.2) is 12.3 Å². The first-order chi connectivity index (χ1) is 10.1. The van der Waals surface area contributed by atoms with Gasteiger partial charge >= 0.3 is 0 Å². The van der Waals surface area contributed by atoms with Crippen molar-refractivity contribution in [2.45, 2.75) is 44.8 Å². The summed E-state index contributed by atoms with van der Waals surface area (Å²) < 4.78 is 4.22. The van der Waals surface area contributed by atoms with Crippen molar-refractivity contribution in [3.63, 3.8) is 0 Å². The first-order valence-corrected chi connectivity index (χ1v) is 8.37. The molecule has 0 N–H and O–H groups in total. The molecule has 3 rings (SSSR count). The number of pyridine rings is 1. The fourth-order valence-electron chi connectivity index (χ4n) is 2.99. The predicted octanol–water partition coefficient (Wildman–Crippen LogP) is 4.39. The van der Waals surface area contributed by atoms with Crippen LogP contribution < -0.4 is 0 Å². The van der Waals surface area contributed by atoms with Crippen LogP contribution in [0.2, 0.25) is 10.0 Å². The van der Waals surface area contributed by atoms with Gasteiger partial charge in [0.15, 0.2) is 5.65 Å². The van der Waals surface area contributed by atoms with Crippen LogP contribution in [-0.2, 0) is 6.67 Å². The van der Waals surface area contributed by atoms with E-state index in [2.05, 4.69) is 17.0 Å². The summed E-state index contributed by atoms with van der Waals surface area (Å²) in [5.41, 5.74) is 0.656. The summed E-state index contributed by atoms with van der Waals surface area (Å²) in [5, 5.41) is 5.61. The molecule has 4 nitrogen and oxygen atoms in total. The number of nitrogens with zero attached hydrogens (tertiary/aromatic N) is 4. The monoisotopic (exact) mass is 344 g/mol. The molecule has 2 aromatic heterocycles. The van der Waals surface area contributed by atoms with Gasteiger partial charge in [0, 0.05) is 12.2 Å². The Kier molecular flexibility index (Phi) is 4.54. The average Bonchev–Trinajstić information content (AvgIpc) is 2.78. The molecule has 7 heteroatoms. The Bertz CT molecular complexity index is 703. The van der Waals surface area contributed by atoms with Gasteiger partial charge < -0.3 is 0 Å². The molecule has 1 aliphatic carbocycles. The molecule has 0 spiro atoms. The second kappa shape index (κ2) is 6.24. The van der Waals surface area contributed by atoms with E-state index in [1.54, 1.807) is 16.7 Å². The number of hydrogen-bond acceptors (Lipinski definition) is 3. The lowest BCUT2D eigenvalue weighted by molar-refractivity contribution is 0.145. The van der Waals surface area contributed by atoms with Gasteiger partial charge in [-0.3, -0.25) is 9.30 Å². The van der Waals surface area contributed by atoms with Gasteiger partial charge in [0.25, 0.3) is 0 Å². The van der Waals surface area contributed by atoms with Gasteiger partial charge in [-0.05, 0) is 38.2 Å². The van der Waals surface area contributed by atoms with Crippen molar-refractivity contribution in [1.29, 1.82) is 0 Å². The molecule has 0 bridgehead atoms. The number of aromatic nitrogens is 3. The van der Waals surface area contributed by atoms with E-state index < -0.39 is 0 Å². The summed E-state index contributed by atoms with van der Waals surface area (Å²) in [6, 6.07) is 2.31. The number of hydrogen-bond donors (Lipinski definition) is 0. The number of halogens is 2. The molecule has 2 heterocycles. The van der Waals surface area contributed by atoms with Crippen molar-refractivity contribution in [2.24, 2.45) is 0 Å². The van der Waals surface area contributed by atoms with Gasteiger partial charge in [-0.15, -0.1) is 5.10 Å². The zero-order valence-electron chi connectivity index (χ0n) is 11.9. The van der Waals surface area contributed by atoms with Crippen molar-refractivity contribution in [3.8, 4) is 0 Å². The molecule has 0 radical (unpaired) electrons. The smallest absolute Gasteiger partial charge is 0.203 e. The Morgan fingerprint density at radius 3 is 2.76 bits per heavy atom. The second-order valence-electron chi connectivity index (χ2n) is 5.67. The number of fused-ring (bicyclic) bond motifs is 1. The Labute approximate surface area is 139 Å². The Balaban J connectivity index is 1.88. The molecule has 0 atom stereocenters.